The van der Waals surface area contributed by atoms with E-state index in [2.05, 4.69) is 4.72 Å². The number of hydrogen-bond acceptors (Lipinski definition) is 3. The van der Waals surface area contributed by atoms with Gasteiger partial charge in [-0.25, -0.2) is 13.1 Å². The maximum absolute atomic E-state index is 12.4. The van der Waals surface area contributed by atoms with E-state index in [9.17, 15) is 8.42 Å². The molecule has 0 aromatic heterocycles. The van der Waals surface area contributed by atoms with Crippen LogP contribution in [0.15, 0.2) is 29.2 Å². The van der Waals surface area contributed by atoms with Crippen molar-refractivity contribution < 1.29 is 8.42 Å². The SMILES string of the molecule is Cc1ccccc1S(=O)(=O)NC1CCCCC1CN. The van der Waals surface area contributed by atoms with Crippen LogP contribution in [0.5, 0.6) is 0 Å². The van der Waals surface area contributed by atoms with Gasteiger partial charge < -0.3 is 5.73 Å². The van der Waals surface area contributed by atoms with Crippen LogP contribution in [0.1, 0.15) is 31.2 Å². The third-order valence-corrected chi connectivity index (χ3v) is 5.55. The monoisotopic (exact) mass is 282 g/mol. The first-order chi connectivity index (χ1) is 9.04. The number of hydrogen-bond donors (Lipinski definition) is 2. The second kappa shape index (κ2) is 6.03. The molecular weight excluding hydrogens is 260 g/mol. The van der Waals surface area contributed by atoms with Gasteiger partial charge in [0, 0.05) is 6.04 Å². The van der Waals surface area contributed by atoms with Gasteiger partial charge in [0.05, 0.1) is 4.90 Å². The highest BCUT2D eigenvalue weighted by molar-refractivity contribution is 7.89. The number of nitrogens with one attached hydrogen (secondary N) is 1. The third kappa shape index (κ3) is 3.35. The molecule has 2 rings (SSSR count). The van der Waals surface area contributed by atoms with E-state index >= 15 is 0 Å². The fraction of sp³-hybridized carbons (Fsp3) is 0.571. The van der Waals surface area contributed by atoms with Crippen molar-refractivity contribution in [3.63, 3.8) is 0 Å². The van der Waals surface area contributed by atoms with Gasteiger partial charge in [0.2, 0.25) is 10.0 Å². The van der Waals surface area contributed by atoms with Crippen LogP contribution in [0, 0.1) is 12.8 Å². The molecule has 1 aromatic carbocycles. The van der Waals surface area contributed by atoms with Gasteiger partial charge >= 0.3 is 0 Å². The minimum Gasteiger partial charge on any atom is -0.330 e. The largest absolute Gasteiger partial charge is 0.330 e. The molecule has 19 heavy (non-hydrogen) atoms. The van der Waals surface area contributed by atoms with E-state index < -0.39 is 10.0 Å². The van der Waals surface area contributed by atoms with Crippen LogP contribution < -0.4 is 10.5 Å². The summed E-state index contributed by atoms with van der Waals surface area (Å²) < 4.78 is 27.7. The zero-order chi connectivity index (χ0) is 13.9. The summed E-state index contributed by atoms with van der Waals surface area (Å²) >= 11 is 0. The maximum atomic E-state index is 12.4. The molecule has 106 valence electrons. The Bertz CT molecular complexity index is 528. The van der Waals surface area contributed by atoms with Crippen molar-refractivity contribution in [2.24, 2.45) is 11.7 Å². The van der Waals surface area contributed by atoms with Crippen LogP contribution in [0.2, 0.25) is 0 Å². The van der Waals surface area contributed by atoms with Crippen LogP contribution in [0.3, 0.4) is 0 Å². The Hall–Kier alpha value is -0.910. The quantitative estimate of drug-likeness (QED) is 0.884. The zero-order valence-corrected chi connectivity index (χ0v) is 12.1. The van der Waals surface area contributed by atoms with Gasteiger partial charge in [0.25, 0.3) is 0 Å². The molecule has 0 bridgehead atoms. The van der Waals surface area contributed by atoms with Crippen LogP contribution in [-0.2, 0) is 10.0 Å². The lowest BCUT2D eigenvalue weighted by molar-refractivity contribution is 0.296. The summed E-state index contributed by atoms with van der Waals surface area (Å²) in [5, 5.41) is 0. The molecule has 0 aliphatic heterocycles. The van der Waals surface area contributed by atoms with Crippen LogP contribution in [-0.4, -0.2) is 21.0 Å². The molecule has 2 atom stereocenters. The van der Waals surface area contributed by atoms with E-state index in [1.807, 2.05) is 19.1 Å². The number of benzene rings is 1. The predicted molar refractivity (Wildman–Crippen MR) is 76.3 cm³/mol. The molecule has 3 N–H and O–H groups in total. The van der Waals surface area contributed by atoms with Crippen molar-refractivity contribution in [2.45, 2.75) is 43.5 Å². The molecule has 5 heteroatoms. The number of nitrogens with two attached hydrogens (primary N) is 1. The summed E-state index contributed by atoms with van der Waals surface area (Å²) in [4.78, 5) is 0.372. The summed E-state index contributed by atoms with van der Waals surface area (Å²) in [5.41, 5.74) is 6.52. The molecular formula is C14H22N2O2S. The van der Waals surface area contributed by atoms with E-state index in [1.54, 1.807) is 12.1 Å². The van der Waals surface area contributed by atoms with Gasteiger partial charge in [-0.05, 0) is 43.9 Å². The zero-order valence-electron chi connectivity index (χ0n) is 11.3. The number of aryl methyl sites for hydroxylation is 1. The molecule has 0 radical (unpaired) electrons. The highest BCUT2D eigenvalue weighted by atomic mass is 32.2. The molecule has 2 unspecified atom stereocenters. The summed E-state index contributed by atoms with van der Waals surface area (Å²) in [5.74, 6) is 0.257. The fourth-order valence-electron chi connectivity index (χ4n) is 2.77. The second-order valence-electron chi connectivity index (χ2n) is 5.27. The lowest BCUT2D eigenvalue weighted by Gasteiger charge is -2.31. The Labute approximate surface area is 115 Å². The lowest BCUT2D eigenvalue weighted by Crippen LogP contribution is -2.44. The van der Waals surface area contributed by atoms with Crippen molar-refractivity contribution in [3.05, 3.63) is 29.8 Å². The van der Waals surface area contributed by atoms with Gasteiger partial charge in [-0.1, -0.05) is 31.0 Å². The van der Waals surface area contributed by atoms with Crippen molar-refractivity contribution in [2.75, 3.05) is 6.54 Å². The summed E-state index contributed by atoms with van der Waals surface area (Å²) in [7, 11) is -3.44. The Morgan fingerprint density at radius 2 is 1.95 bits per heavy atom. The highest BCUT2D eigenvalue weighted by Crippen LogP contribution is 2.25. The molecule has 0 amide bonds. The van der Waals surface area contributed by atoms with Crippen LogP contribution >= 0.6 is 0 Å². The first-order valence-electron chi connectivity index (χ1n) is 6.82. The number of sulfonamides is 1. The Morgan fingerprint density at radius 3 is 2.63 bits per heavy atom. The summed E-state index contributed by atoms with van der Waals surface area (Å²) in [6.45, 7) is 2.36. The molecule has 1 aliphatic carbocycles. The predicted octanol–water partition coefficient (Wildman–Crippen LogP) is 1.79. The molecule has 1 fully saturated rings. The van der Waals surface area contributed by atoms with Crippen molar-refractivity contribution in [3.8, 4) is 0 Å². The van der Waals surface area contributed by atoms with E-state index in [4.69, 9.17) is 5.73 Å². The maximum Gasteiger partial charge on any atom is 0.241 e. The highest BCUT2D eigenvalue weighted by Gasteiger charge is 2.29. The molecule has 1 aromatic rings. The van der Waals surface area contributed by atoms with Crippen molar-refractivity contribution in [1.82, 2.24) is 4.72 Å². The molecule has 1 aliphatic rings. The van der Waals surface area contributed by atoms with Crippen molar-refractivity contribution in [1.29, 1.82) is 0 Å². The minimum absolute atomic E-state index is 0.0247. The Morgan fingerprint density at radius 1 is 1.26 bits per heavy atom. The first kappa shape index (κ1) is 14.5. The summed E-state index contributed by atoms with van der Waals surface area (Å²) in [6.07, 6.45) is 4.10. The molecule has 0 saturated heterocycles. The van der Waals surface area contributed by atoms with E-state index in [0.717, 1.165) is 31.2 Å². The first-order valence-corrected chi connectivity index (χ1v) is 8.31. The lowest BCUT2D eigenvalue weighted by atomic mass is 9.85. The standard InChI is InChI=1S/C14H22N2O2S/c1-11-6-2-5-9-14(11)19(17,18)16-13-8-4-3-7-12(13)10-15/h2,5-6,9,12-13,16H,3-4,7-8,10,15H2,1H3. The van der Waals surface area contributed by atoms with Gasteiger partial charge in [0.15, 0.2) is 0 Å². The Balaban J connectivity index is 2.19. The van der Waals surface area contributed by atoms with Gasteiger partial charge in [-0.15, -0.1) is 0 Å². The average molecular weight is 282 g/mol. The average Bonchev–Trinajstić information content (AvgIpc) is 2.39. The minimum atomic E-state index is -3.44. The van der Waals surface area contributed by atoms with Crippen LogP contribution in [0.4, 0.5) is 0 Å². The van der Waals surface area contributed by atoms with Gasteiger partial charge in [0.1, 0.15) is 0 Å². The van der Waals surface area contributed by atoms with Crippen LogP contribution in [0.25, 0.3) is 0 Å². The number of rotatable bonds is 4. The topological polar surface area (TPSA) is 72.2 Å². The second-order valence-corrected chi connectivity index (χ2v) is 6.96. The van der Waals surface area contributed by atoms with E-state index in [-0.39, 0.29) is 12.0 Å². The van der Waals surface area contributed by atoms with Gasteiger partial charge in [-0.3, -0.25) is 0 Å². The van der Waals surface area contributed by atoms with E-state index in [1.165, 1.54) is 0 Å². The fourth-order valence-corrected chi connectivity index (χ4v) is 4.35. The summed E-state index contributed by atoms with van der Waals surface area (Å²) in [6, 6.07) is 7.04. The van der Waals surface area contributed by atoms with Gasteiger partial charge in [-0.2, -0.15) is 0 Å². The Kier molecular flexibility index (Phi) is 4.60. The molecule has 0 spiro atoms. The molecule has 4 nitrogen and oxygen atoms in total. The molecule has 0 heterocycles. The van der Waals surface area contributed by atoms with Crippen molar-refractivity contribution >= 4 is 10.0 Å². The third-order valence-electron chi connectivity index (χ3n) is 3.90. The molecule has 1 saturated carbocycles. The van der Waals surface area contributed by atoms with E-state index in [0.29, 0.717) is 11.4 Å². The smallest absolute Gasteiger partial charge is 0.241 e. The normalized spacial score (nSPS) is 24.3.